The number of hydrogen-bond acceptors (Lipinski definition) is 6. The molecule has 9 heteroatoms. The molecule has 1 aliphatic heterocycles. The maximum atomic E-state index is 12.2. The smallest absolute Gasteiger partial charge is 0.377 e. The molecule has 0 saturated heterocycles. The van der Waals surface area contributed by atoms with E-state index in [1.807, 2.05) is 0 Å². The van der Waals surface area contributed by atoms with Crippen molar-refractivity contribution in [2.75, 3.05) is 7.11 Å². The number of carbonyl (C=O) groups excluding carboxylic acids is 3. The molecule has 0 saturated carbocycles. The van der Waals surface area contributed by atoms with E-state index in [0.717, 1.165) is 11.3 Å². The minimum atomic E-state index is -0.963. The van der Waals surface area contributed by atoms with Crippen LogP contribution in [0.15, 0.2) is 24.3 Å². The lowest BCUT2D eigenvalue weighted by molar-refractivity contribution is -0.0582. The minimum Gasteiger partial charge on any atom is -0.493 e. The van der Waals surface area contributed by atoms with E-state index in [1.165, 1.54) is 19.2 Å². The van der Waals surface area contributed by atoms with Crippen LogP contribution in [0.4, 0.5) is 0 Å². The van der Waals surface area contributed by atoms with Gasteiger partial charge in [0.2, 0.25) is 0 Å². The molecule has 0 fully saturated rings. The molecule has 23 heavy (non-hydrogen) atoms. The SMILES string of the molecule is COc1c(C(=O)ON2C(=O)c3ccccc3C2=O)sc(Cl)c1Cl. The molecule has 6 nitrogen and oxygen atoms in total. The van der Waals surface area contributed by atoms with E-state index in [9.17, 15) is 14.4 Å². The van der Waals surface area contributed by atoms with Crippen molar-refractivity contribution in [3.05, 3.63) is 49.6 Å². The van der Waals surface area contributed by atoms with Gasteiger partial charge < -0.3 is 9.57 Å². The monoisotopic (exact) mass is 371 g/mol. The summed E-state index contributed by atoms with van der Waals surface area (Å²) in [5.41, 5.74) is 0.332. The number of hydrogen-bond donors (Lipinski definition) is 0. The molecule has 2 heterocycles. The summed E-state index contributed by atoms with van der Waals surface area (Å²) in [5.74, 6) is -2.36. The second kappa shape index (κ2) is 5.84. The van der Waals surface area contributed by atoms with Gasteiger partial charge in [0.05, 0.1) is 18.2 Å². The molecule has 1 aliphatic rings. The fraction of sp³-hybridized carbons (Fsp3) is 0.0714. The number of carbonyl (C=O) groups is 3. The van der Waals surface area contributed by atoms with E-state index < -0.39 is 17.8 Å². The first-order chi connectivity index (χ1) is 11.0. The van der Waals surface area contributed by atoms with E-state index in [4.69, 9.17) is 32.8 Å². The first-order valence-corrected chi connectivity index (χ1v) is 7.74. The Balaban J connectivity index is 1.89. The molecule has 0 N–H and O–H groups in total. The van der Waals surface area contributed by atoms with Crippen LogP contribution in [-0.2, 0) is 4.84 Å². The van der Waals surface area contributed by atoms with Gasteiger partial charge in [-0.25, -0.2) is 4.79 Å². The second-order valence-corrected chi connectivity index (χ2v) is 6.38. The number of halogens is 2. The number of fused-ring (bicyclic) bond motifs is 1. The molecular weight excluding hydrogens is 365 g/mol. The van der Waals surface area contributed by atoms with Gasteiger partial charge in [0.15, 0.2) is 10.6 Å². The van der Waals surface area contributed by atoms with Crippen molar-refractivity contribution in [3.63, 3.8) is 0 Å². The molecule has 2 aromatic rings. The van der Waals surface area contributed by atoms with E-state index in [1.54, 1.807) is 12.1 Å². The Hall–Kier alpha value is -2.09. The molecule has 0 unspecified atom stereocenters. The maximum absolute atomic E-state index is 12.2. The summed E-state index contributed by atoms with van der Waals surface area (Å²) in [6.45, 7) is 0. The Labute approximate surface area is 144 Å². The van der Waals surface area contributed by atoms with Gasteiger partial charge in [-0.1, -0.05) is 40.4 Å². The number of methoxy groups -OCH3 is 1. The highest BCUT2D eigenvalue weighted by molar-refractivity contribution is 7.19. The van der Waals surface area contributed by atoms with Crippen molar-refractivity contribution >= 4 is 52.3 Å². The highest BCUT2D eigenvalue weighted by atomic mass is 35.5. The molecule has 1 aromatic carbocycles. The highest BCUT2D eigenvalue weighted by Gasteiger charge is 2.39. The molecule has 0 atom stereocenters. The van der Waals surface area contributed by atoms with Crippen molar-refractivity contribution in [1.29, 1.82) is 0 Å². The zero-order chi connectivity index (χ0) is 16.7. The van der Waals surface area contributed by atoms with Crippen molar-refractivity contribution in [1.82, 2.24) is 5.06 Å². The third kappa shape index (κ3) is 2.46. The number of rotatable bonds is 3. The van der Waals surface area contributed by atoms with E-state index in [2.05, 4.69) is 0 Å². The summed E-state index contributed by atoms with van der Waals surface area (Å²) in [6, 6.07) is 6.17. The van der Waals surface area contributed by atoms with Crippen LogP contribution in [0.1, 0.15) is 30.4 Å². The predicted octanol–water partition coefficient (Wildman–Crippen LogP) is 3.43. The van der Waals surface area contributed by atoms with Crippen LogP contribution in [0, 0.1) is 0 Å². The summed E-state index contributed by atoms with van der Waals surface area (Å²) in [6.07, 6.45) is 0. The van der Waals surface area contributed by atoms with Crippen LogP contribution >= 0.6 is 34.5 Å². The molecule has 3 rings (SSSR count). The van der Waals surface area contributed by atoms with Gasteiger partial charge in [0.1, 0.15) is 9.36 Å². The first-order valence-electron chi connectivity index (χ1n) is 6.17. The summed E-state index contributed by atoms with van der Waals surface area (Å²) in [4.78, 5) is 41.4. The van der Waals surface area contributed by atoms with Gasteiger partial charge in [-0.3, -0.25) is 9.59 Å². The van der Waals surface area contributed by atoms with Crippen LogP contribution in [0.2, 0.25) is 9.36 Å². The normalized spacial score (nSPS) is 13.3. The number of imide groups is 1. The molecule has 118 valence electrons. The number of nitrogens with zero attached hydrogens (tertiary/aromatic N) is 1. The topological polar surface area (TPSA) is 72.9 Å². The van der Waals surface area contributed by atoms with Crippen LogP contribution in [0.3, 0.4) is 0 Å². The number of hydroxylamine groups is 2. The number of ether oxygens (including phenoxy) is 1. The van der Waals surface area contributed by atoms with Crippen molar-refractivity contribution in [2.45, 2.75) is 0 Å². The summed E-state index contributed by atoms with van der Waals surface area (Å²) >= 11 is 12.6. The largest absolute Gasteiger partial charge is 0.493 e. The van der Waals surface area contributed by atoms with Crippen molar-refractivity contribution in [3.8, 4) is 5.75 Å². The molecule has 1 aromatic heterocycles. The quantitative estimate of drug-likeness (QED) is 0.772. The Morgan fingerprint density at radius 3 is 2.22 bits per heavy atom. The number of thiophene rings is 1. The van der Waals surface area contributed by atoms with Crippen LogP contribution in [0.5, 0.6) is 5.75 Å². The Bertz CT molecular complexity index is 813. The molecule has 2 amide bonds. The summed E-state index contributed by atoms with van der Waals surface area (Å²) < 4.78 is 5.14. The average molecular weight is 372 g/mol. The van der Waals surface area contributed by atoms with Crippen LogP contribution in [-0.4, -0.2) is 30.0 Å². The molecule has 0 spiro atoms. The average Bonchev–Trinajstić information content (AvgIpc) is 2.97. The standard InChI is InChI=1S/C14H7Cl2NO5S/c1-21-9-8(15)11(16)23-10(9)14(20)22-17-12(18)6-4-2-3-5-7(6)13(17)19/h2-5H,1H3. The number of amides is 2. The molecular formula is C14H7Cl2NO5S. The lowest BCUT2D eigenvalue weighted by Gasteiger charge is -2.12. The Kier molecular flexibility index (Phi) is 4.01. The van der Waals surface area contributed by atoms with Gasteiger partial charge in [-0.05, 0) is 12.1 Å². The highest BCUT2D eigenvalue weighted by Crippen LogP contribution is 2.43. The Morgan fingerprint density at radius 1 is 1.13 bits per heavy atom. The maximum Gasteiger partial charge on any atom is 0.377 e. The van der Waals surface area contributed by atoms with Crippen molar-refractivity contribution < 1.29 is 24.0 Å². The minimum absolute atomic E-state index is 0.0308. The van der Waals surface area contributed by atoms with Gasteiger partial charge in [0.25, 0.3) is 11.8 Å². The van der Waals surface area contributed by atoms with Crippen LogP contribution < -0.4 is 4.74 Å². The summed E-state index contributed by atoms with van der Waals surface area (Å²) in [5, 5.41) is 0.474. The van der Waals surface area contributed by atoms with Gasteiger partial charge in [-0.15, -0.1) is 11.3 Å². The zero-order valence-corrected chi connectivity index (χ0v) is 13.8. The van der Waals surface area contributed by atoms with E-state index >= 15 is 0 Å². The van der Waals surface area contributed by atoms with Gasteiger partial charge in [0, 0.05) is 0 Å². The van der Waals surface area contributed by atoms with Gasteiger partial charge in [-0.2, -0.15) is 0 Å². The third-order valence-corrected chi connectivity index (χ3v) is 5.02. The lowest BCUT2D eigenvalue weighted by Crippen LogP contribution is -2.32. The molecule has 0 bridgehead atoms. The second-order valence-electron chi connectivity index (χ2n) is 4.38. The van der Waals surface area contributed by atoms with Crippen molar-refractivity contribution in [2.24, 2.45) is 0 Å². The number of benzene rings is 1. The van der Waals surface area contributed by atoms with E-state index in [-0.39, 0.29) is 31.1 Å². The van der Waals surface area contributed by atoms with Gasteiger partial charge >= 0.3 is 5.97 Å². The fourth-order valence-corrected chi connectivity index (χ4v) is 3.48. The zero-order valence-electron chi connectivity index (χ0n) is 11.5. The Morgan fingerprint density at radius 2 is 1.70 bits per heavy atom. The first kappa shape index (κ1) is 15.8. The van der Waals surface area contributed by atoms with Crippen LogP contribution in [0.25, 0.3) is 0 Å². The molecule has 0 radical (unpaired) electrons. The fourth-order valence-electron chi connectivity index (χ4n) is 2.06. The molecule has 0 aliphatic carbocycles. The third-order valence-electron chi connectivity index (χ3n) is 3.09. The lowest BCUT2D eigenvalue weighted by atomic mass is 10.1. The predicted molar refractivity (Wildman–Crippen MR) is 83.2 cm³/mol. The summed E-state index contributed by atoms with van der Waals surface area (Å²) in [7, 11) is 1.31. The van der Waals surface area contributed by atoms with E-state index in [0.29, 0.717) is 5.06 Å².